The van der Waals surface area contributed by atoms with Gasteiger partial charge in [-0.3, -0.25) is 4.79 Å². The molecule has 20 heavy (non-hydrogen) atoms. The minimum Gasteiger partial charge on any atom is -0.494 e. The van der Waals surface area contributed by atoms with Gasteiger partial charge in [0.25, 0.3) is 0 Å². The summed E-state index contributed by atoms with van der Waals surface area (Å²) < 4.78 is 18.2. The largest absolute Gasteiger partial charge is 0.494 e. The number of hydrogen-bond acceptors (Lipinski definition) is 3. The number of hydrogen-bond donors (Lipinski definition) is 3. The first-order valence-electron chi connectivity index (χ1n) is 6.09. The molecule has 0 aromatic heterocycles. The highest BCUT2D eigenvalue weighted by Crippen LogP contribution is 2.20. The quantitative estimate of drug-likeness (QED) is 0.747. The van der Waals surface area contributed by atoms with Crippen molar-refractivity contribution in [2.24, 2.45) is 0 Å². The summed E-state index contributed by atoms with van der Waals surface area (Å²) in [6, 6.07) is 2.94. The number of carbonyl (C=O) groups excluding carboxylic acids is 1. The van der Waals surface area contributed by atoms with Crippen LogP contribution in [0.5, 0.6) is 5.75 Å². The number of halogens is 1. The summed E-state index contributed by atoms with van der Waals surface area (Å²) in [6.07, 6.45) is 0.317. The van der Waals surface area contributed by atoms with Gasteiger partial charge in [-0.2, -0.15) is 0 Å². The summed E-state index contributed by atoms with van der Waals surface area (Å²) in [4.78, 5) is 22.2. The third kappa shape index (κ3) is 4.75. The van der Waals surface area contributed by atoms with Crippen LogP contribution in [0.3, 0.4) is 0 Å². The van der Waals surface area contributed by atoms with Gasteiger partial charge in [-0.15, -0.1) is 0 Å². The topological polar surface area (TPSA) is 87.7 Å². The fourth-order valence-corrected chi connectivity index (χ4v) is 1.60. The molecular weight excluding hydrogens is 267 g/mol. The van der Waals surface area contributed by atoms with E-state index in [2.05, 4.69) is 10.6 Å². The standard InChI is InChI=1S/C13H17FN2O4/c1-3-8(7-12(17)18)15-13(19)16-9-4-5-11(20-2)10(14)6-9/h4-6,8H,3,7H2,1-2H3,(H,17,18)(H2,15,16,19). The molecular formula is C13H17FN2O4. The lowest BCUT2D eigenvalue weighted by atomic mass is 10.1. The van der Waals surface area contributed by atoms with Crippen molar-refractivity contribution in [2.75, 3.05) is 12.4 Å². The molecule has 0 aliphatic carbocycles. The molecule has 6 nitrogen and oxygen atoms in total. The van der Waals surface area contributed by atoms with E-state index >= 15 is 0 Å². The number of ether oxygens (including phenoxy) is 1. The van der Waals surface area contributed by atoms with E-state index in [1.54, 1.807) is 6.92 Å². The number of urea groups is 1. The zero-order valence-corrected chi connectivity index (χ0v) is 11.3. The Morgan fingerprint density at radius 3 is 2.65 bits per heavy atom. The molecule has 1 atom stereocenters. The summed E-state index contributed by atoms with van der Waals surface area (Å²) in [5.74, 6) is -1.51. The van der Waals surface area contributed by atoms with Crippen molar-refractivity contribution in [3.8, 4) is 5.75 Å². The average molecular weight is 284 g/mol. The molecule has 0 saturated heterocycles. The predicted molar refractivity (Wildman–Crippen MR) is 71.4 cm³/mol. The molecule has 0 aliphatic heterocycles. The molecule has 0 heterocycles. The van der Waals surface area contributed by atoms with Gasteiger partial charge in [0.1, 0.15) is 0 Å². The molecule has 1 aromatic rings. The van der Waals surface area contributed by atoms with Crippen LogP contribution in [0.4, 0.5) is 14.9 Å². The first-order valence-corrected chi connectivity index (χ1v) is 6.09. The zero-order chi connectivity index (χ0) is 15.1. The van der Waals surface area contributed by atoms with E-state index in [-0.39, 0.29) is 17.9 Å². The molecule has 7 heteroatoms. The van der Waals surface area contributed by atoms with Gasteiger partial charge < -0.3 is 20.5 Å². The third-order valence-electron chi connectivity index (χ3n) is 2.66. The SMILES string of the molecule is CCC(CC(=O)O)NC(=O)Nc1ccc(OC)c(F)c1. The van der Waals surface area contributed by atoms with Gasteiger partial charge in [0, 0.05) is 17.8 Å². The number of anilines is 1. The molecule has 110 valence electrons. The van der Waals surface area contributed by atoms with Crippen molar-refractivity contribution in [2.45, 2.75) is 25.8 Å². The lowest BCUT2D eigenvalue weighted by molar-refractivity contribution is -0.137. The lowest BCUT2D eigenvalue weighted by Gasteiger charge is -2.15. The van der Waals surface area contributed by atoms with E-state index in [0.29, 0.717) is 6.42 Å². The van der Waals surface area contributed by atoms with E-state index in [0.717, 1.165) is 6.07 Å². The average Bonchev–Trinajstić information content (AvgIpc) is 2.37. The van der Waals surface area contributed by atoms with Crippen LogP contribution in [0.25, 0.3) is 0 Å². The van der Waals surface area contributed by atoms with Gasteiger partial charge in [0.15, 0.2) is 11.6 Å². The lowest BCUT2D eigenvalue weighted by Crippen LogP contribution is -2.38. The number of amides is 2. The second kappa shape index (κ2) is 7.32. The molecule has 2 amide bonds. The van der Waals surface area contributed by atoms with Crippen molar-refractivity contribution in [3.63, 3.8) is 0 Å². The molecule has 0 spiro atoms. The smallest absolute Gasteiger partial charge is 0.319 e. The first kappa shape index (κ1) is 15.7. The monoisotopic (exact) mass is 284 g/mol. The van der Waals surface area contributed by atoms with Crippen LogP contribution in [-0.2, 0) is 4.79 Å². The fourth-order valence-electron chi connectivity index (χ4n) is 1.60. The summed E-state index contributed by atoms with van der Waals surface area (Å²) in [5.41, 5.74) is 0.256. The Morgan fingerprint density at radius 1 is 1.45 bits per heavy atom. The highest BCUT2D eigenvalue weighted by atomic mass is 19.1. The fraction of sp³-hybridized carbons (Fsp3) is 0.385. The normalized spacial score (nSPS) is 11.6. The van der Waals surface area contributed by atoms with Gasteiger partial charge in [0.05, 0.1) is 13.5 Å². The molecule has 1 aromatic carbocycles. The maximum atomic E-state index is 13.4. The van der Waals surface area contributed by atoms with E-state index in [4.69, 9.17) is 9.84 Å². The molecule has 1 rings (SSSR count). The second-order valence-electron chi connectivity index (χ2n) is 4.15. The zero-order valence-electron chi connectivity index (χ0n) is 11.3. The maximum absolute atomic E-state index is 13.4. The van der Waals surface area contributed by atoms with Gasteiger partial charge in [0.2, 0.25) is 0 Å². The third-order valence-corrected chi connectivity index (χ3v) is 2.66. The van der Waals surface area contributed by atoms with Crippen LogP contribution in [-0.4, -0.2) is 30.3 Å². The van der Waals surface area contributed by atoms with Gasteiger partial charge >= 0.3 is 12.0 Å². The second-order valence-corrected chi connectivity index (χ2v) is 4.15. The highest BCUT2D eigenvalue weighted by molar-refractivity contribution is 5.89. The Bertz CT molecular complexity index is 493. The van der Waals surface area contributed by atoms with Crippen molar-refractivity contribution in [1.29, 1.82) is 0 Å². The number of methoxy groups -OCH3 is 1. The Hall–Kier alpha value is -2.31. The van der Waals surface area contributed by atoms with Crippen molar-refractivity contribution < 1.29 is 23.8 Å². The van der Waals surface area contributed by atoms with Crippen LogP contribution in [0, 0.1) is 5.82 Å². The molecule has 0 fully saturated rings. The Balaban J connectivity index is 2.61. The molecule has 1 unspecified atom stereocenters. The number of carbonyl (C=O) groups is 2. The van der Waals surface area contributed by atoms with Crippen molar-refractivity contribution in [1.82, 2.24) is 5.32 Å². The van der Waals surface area contributed by atoms with E-state index < -0.39 is 23.9 Å². The summed E-state index contributed by atoms with van der Waals surface area (Å²) in [6.45, 7) is 1.76. The van der Waals surface area contributed by atoms with Crippen molar-refractivity contribution in [3.05, 3.63) is 24.0 Å². The minimum atomic E-state index is -0.993. The number of carboxylic acids is 1. The van der Waals surface area contributed by atoms with Crippen LogP contribution in [0.2, 0.25) is 0 Å². The van der Waals surface area contributed by atoms with Gasteiger partial charge in [-0.05, 0) is 18.6 Å². The van der Waals surface area contributed by atoms with E-state index in [1.807, 2.05) is 0 Å². The van der Waals surface area contributed by atoms with Gasteiger partial charge in [-0.25, -0.2) is 9.18 Å². The molecule has 0 bridgehead atoms. The van der Waals surface area contributed by atoms with Crippen LogP contribution in [0.1, 0.15) is 19.8 Å². The Morgan fingerprint density at radius 2 is 2.15 bits per heavy atom. The Kier molecular flexibility index (Phi) is 5.76. The number of aliphatic carboxylic acids is 1. The molecule has 0 radical (unpaired) electrons. The van der Waals surface area contributed by atoms with E-state index in [1.165, 1.54) is 19.2 Å². The number of rotatable bonds is 6. The molecule has 3 N–H and O–H groups in total. The summed E-state index contributed by atoms with van der Waals surface area (Å²) in [5, 5.41) is 13.6. The summed E-state index contributed by atoms with van der Waals surface area (Å²) in [7, 11) is 1.34. The minimum absolute atomic E-state index is 0.0771. The van der Waals surface area contributed by atoms with Crippen LogP contribution >= 0.6 is 0 Å². The van der Waals surface area contributed by atoms with Gasteiger partial charge in [-0.1, -0.05) is 6.92 Å². The summed E-state index contributed by atoms with van der Waals surface area (Å²) >= 11 is 0. The highest BCUT2D eigenvalue weighted by Gasteiger charge is 2.14. The Labute approximate surface area is 115 Å². The number of nitrogens with one attached hydrogen (secondary N) is 2. The van der Waals surface area contributed by atoms with Crippen molar-refractivity contribution >= 4 is 17.7 Å². The molecule has 0 saturated carbocycles. The molecule has 0 aliphatic rings. The first-order chi connectivity index (χ1) is 9.46. The van der Waals surface area contributed by atoms with Crippen LogP contribution in [0.15, 0.2) is 18.2 Å². The maximum Gasteiger partial charge on any atom is 0.319 e. The van der Waals surface area contributed by atoms with Crippen LogP contribution < -0.4 is 15.4 Å². The van der Waals surface area contributed by atoms with E-state index in [9.17, 15) is 14.0 Å². The number of benzene rings is 1. The number of carboxylic acid groups (broad SMARTS) is 1. The predicted octanol–water partition coefficient (Wildman–Crippen LogP) is 2.21.